The average molecular weight is 234 g/mol. The molecular formula is C6H5BrFN3O. The maximum absolute atomic E-state index is 12.9. The van der Waals surface area contributed by atoms with E-state index < -0.39 is 5.82 Å². The van der Waals surface area contributed by atoms with Crippen molar-refractivity contribution in [1.82, 2.24) is 4.98 Å². The normalized spacial score (nSPS) is 11.7. The second kappa shape index (κ2) is 3.48. The van der Waals surface area contributed by atoms with Gasteiger partial charge in [-0.15, -0.1) is 0 Å². The van der Waals surface area contributed by atoms with Crippen molar-refractivity contribution >= 4 is 21.8 Å². The Morgan fingerprint density at radius 1 is 1.67 bits per heavy atom. The molecule has 3 N–H and O–H groups in total. The van der Waals surface area contributed by atoms with Crippen LogP contribution in [0.15, 0.2) is 21.9 Å². The zero-order valence-electron chi connectivity index (χ0n) is 5.83. The van der Waals surface area contributed by atoms with Gasteiger partial charge in [0.05, 0.1) is 0 Å². The summed E-state index contributed by atoms with van der Waals surface area (Å²) in [5, 5.41) is 10.9. The van der Waals surface area contributed by atoms with Crippen LogP contribution in [0.3, 0.4) is 0 Å². The third-order valence-electron chi connectivity index (χ3n) is 1.16. The Balaban J connectivity index is 3.23. The fourth-order valence-corrected chi connectivity index (χ4v) is 0.955. The van der Waals surface area contributed by atoms with Crippen molar-refractivity contribution in [3.05, 3.63) is 28.2 Å². The first kappa shape index (κ1) is 8.92. The van der Waals surface area contributed by atoms with Gasteiger partial charge in [0.25, 0.3) is 0 Å². The highest BCUT2D eigenvalue weighted by molar-refractivity contribution is 9.10. The van der Waals surface area contributed by atoms with Crippen molar-refractivity contribution in [3.8, 4) is 0 Å². The van der Waals surface area contributed by atoms with Crippen molar-refractivity contribution in [2.75, 3.05) is 0 Å². The largest absolute Gasteiger partial charge is 0.409 e. The molecule has 0 saturated carbocycles. The van der Waals surface area contributed by atoms with Crippen molar-refractivity contribution in [1.29, 1.82) is 0 Å². The molecule has 0 aromatic carbocycles. The molecular weight excluding hydrogens is 229 g/mol. The van der Waals surface area contributed by atoms with E-state index in [1.807, 2.05) is 0 Å². The van der Waals surface area contributed by atoms with Gasteiger partial charge in [0, 0.05) is 0 Å². The van der Waals surface area contributed by atoms with E-state index in [9.17, 15) is 4.39 Å². The molecule has 0 unspecified atom stereocenters. The predicted octanol–water partition coefficient (Wildman–Crippen LogP) is 1.08. The summed E-state index contributed by atoms with van der Waals surface area (Å²) < 4.78 is 13.3. The maximum Gasteiger partial charge on any atom is 0.191 e. The summed E-state index contributed by atoms with van der Waals surface area (Å²) in [4.78, 5) is 3.67. The Morgan fingerprint density at radius 3 is 2.92 bits per heavy atom. The molecule has 0 atom stereocenters. The van der Waals surface area contributed by atoms with Crippen LogP contribution in [0.5, 0.6) is 0 Å². The molecule has 64 valence electrons. The van der Waals surface area contributed by atoms with E-state index in [4.69, 9.17) is 10.9 Å². The third kappa shape index (κ3) is 1.70. The first-order valence-electron chi connectivity index (χ1n) is 2.95. The lowest BCUT2D eigenvalue weighted by Crippen LogP contribution is -2.17. The minimum atomic E-state index is -0.631. The maximum atomic E-state index is 12.9. The average Bonchev–Trinajstić information content (AvgIpc) is 2.08. The summed E-state index contributed by atoms with van der Waals surface area (Å²) in [5.41, 5.74) is 4.97. The standard InChI is InChI=1S/C6H5BrFN3O/c7-4-2-1-3(8)5(10-4)6(9)11-12/h1-2,12H,(H2,9,11). The molecule has 6 heteroatoms. The molecule has 0 radical (unpaired) electrons. The number of nitrogens with two attached hydrogens (primary N) is 1. The van der Waals surface area contributed by atoms with Crippen LogP contribution < -0.4 is 5.73 Å². The van der Waals surface area contributed by atoms with Gasteiger partial charge in [0.2, 0.25) is 0 Å². The molecule has 1 aromatic rings. The van der Waals surface area contributed by atoms with Crippen LogP contribution in [0.25, 0.3) is 0 Å². The SMILES string of the molecule is N/C(=N\O)c1nc(Br)ccc1F. The van der Waals surface area contributed by atoms with E-state index in [0.717, 1.165) is 0 Å². The molecule has 0 bridgehead atoms. The summed E-state index contributed by atoms with van der Waals surface area (Å²) in [5.74, 6) is -0.984. The van der Waals surface area contributed by atoms with E-state index in [2.05, 4.69) is 26.1 Å². The molecule has 0 aliphatic carbocycles. The Labute approximate surface area is 76.0 Å². The molecule has 0 aliphatic heterocycles. The van der Waals surface area contributed by atoms with Crippen LogP contribution in [0.2, 0.25) is 0 Å². The van der Waals surface area contributed by atoms with Gasteiger partial charge in [0.15, 0.2) is 11.7 Å². The molecule has 0 fully saturated rings. The molecule has 1 aromatic heterocycles. The van der Waals surface area contributed by atoms with Crippen LogP contribution in [0.4, 0.5) is 4.39 Å². The minimum absolute atomic E-state index is 0.174. The predicted molar refractivity (Wildman–Crippen MR) is 44.4 cm³/mol. The van der Waals surface area contributed by atoms with E-state index in [-0.39, 0.29) is 11.5 Å². The van der Waals surface area contributed by atoms with Crippen LogP contribution in [-0.2, 0) is 0 Å². The number of nitrogens with zero attached hydrogens (tertiary/aromatic N) is 2. The Kier molecular flexibility index (Phi) is 2.59. The number of oxime groups is 1. The van der Waals surface area contributed by atoms with Crippen molar-refractivity contribution in [2.45, 2.75) is 0 Å². The molecule has 12 heavy (non-hydrogen) atoms. The first-order chi connectivity index (χ1) is 5.65. The van der Waals surface area contributed by atoms with Crippen LogP contribution >= 0.6 is 15.9 Å². The van der Waals surface area contributed by atoms with E-state index in [1.165, 1.54) is 12.1 Å². The number of pyridine rings is 1. The van der Waals surface area contributed by atoms with Gasteiger partial charge >= 0.3 is 0 Å². The van der Waals surface area contributed by atoms with Crippen molar-refractivity contribution in [3.63, 3.8) is 0 Å². The zero-order chi connectivity index (χ0) is 9.14. The van der Waals surface area contributed by atoms with E-state index in [1.54, 1.807) is 0 Å². The molecule has 1 heterocycles. The van der Waals surface area contributed by atoms with E-state index >= 15 is 0 Å². The van der Waals surface area contributed by atoms with Gasteiger partial charge in [-0.05, 0) is 28.1 Å². The van der Waals surface area contributed by atoms with Crippen molar-refractivity contribution < 1.29 is 9.60 Å². The van der Waals surface area contributed by atoms with Gasteiger partial charge in [-0.1, -0.05) is 5.16 Å². The van der Waals surface area contributed by atoms with Crippen LogP contribution in [0.1, 0.15) is 5.69 Å². The number of hydrogen-bond acceptors (Lipinski definition) is 3. The Hall–Kier alpha value is -1.17. The molecule has 0 aliphatic rings. The highest BCUT2D eigenvalue weighted by atomic mass is 79.9. The highest BCUT2D eigenvalue weighted by Crippen LogP contribution is 2.10. The molecule has 1 rings (SSSR count). The summed E-state index contributed by atoms with van der Waals surface area (Å²) in [7, 11) is 0. The molecule has 0 amide bonds. The molecule has 4 nitrogen and oxygen atoms in total. The third-order valence-corrected chi connectivity index (χ3v) is 1.60. The Bertz CT molecular complexity index is 329. The highest BCUT2D eigenvalue weighted by Gasteiger charge is 2.08. The number of amidine groups is 1. The first-order valence-corrected chi connectivity index (χ1v) is 3.74. The molecule has 0 spiro atoms. The lowest BCUT2D eigenvalue weighted by Gasteiger charge is -1.99. The van der Waals surface area contributed by atoms with Crippen molar-refractivity contribution in [2.24, 2.45) is 10.9 Å². The smallest absolute Gasteiger partial charge is 0.191 e. The molecule has 0 saturated heterocycles. The van der Waals surface area contributed by atoms with Crippen LogP contribution in [-0.4, -0.2) is 16.0 Å². The zero-order valence-corrected chi connectivity index (χ0v) is 7.42. The number of rotatable bonds is 1. The fraction of sp³-hybridized carbons (Fsp3) is 0. The fourth-order valence-electron chi connectivity index (χ4n) is 0.645. The lowest BCUT2D eigenvalue weighted by molar-refractivity contribution is 0.318. The van der Waals surface area contributed by atoms with E-state index in [0.29, 0.717) is 4.60 Å². The summed E-state index contributed by atoms with van der Waals surface area (Å²) in [6.45, 7) is 0. The van der Waals surface area contributed by atoms with Gasteiger partial charge < -0.3 is 10.9 Å². The monoisotopic (exact) mass is 233 g/mol. The van der Waals surface area contributed by atoms with Gasteiger partial charge in [0.1, 0.15) is 10.3 Å². The lowest BCUT2D eigenvalue weighted by atomic mass is 10.3. The number of halogens is 2. The number of hydrogen-bond donors (Lipinski definition) is 2. The second-order valence-electron chi connectivity index (χ2n) is 1.95. The number of aromatic nitrogens is 1. The minimum Gasteiger partial charge on any atom is -0.409 e. The van der Waals surface area contributed by atoms with Gasteiger partial charge in [-0.2, -0.15) is 0 Å². The summed E-state index contributed by atoms with van der Waals surface area (Å²) >= 11 is 3.02. The second-order valence-corrected chi connectivity index (χ2v) is 2.76. The van der Waals surface area contributed by atoms with Gasteiger partial charge in [-0.3, -0.25) is 0 Å². The Morgan fingerprint density at radius 2 is 2.33 bits per heavy atom. The van der Waals surface area contributed by atoms with Crippen LogP contribution in [0, 0.1) is 5.82 Å². The summed E-state index contributed by atoms with van der Waals surface area (Å²) in [6.07, 6.45) is 0. The summed E-state index contributed by atoms with van der Waals surface area (Å²) in [6, 6.07) is 2.59. The quantitative estimate of drug-likeness (QED) is 0.251. The van der Waals surface area contributed by atoms with Gasteiger partial charge in [-0.25, -0.2) is 9.37 Å². The topological polar surface area (TPSA) is 71.5 Å².